The van der Waals surface area contributed by atoms with Gasteiger partial charge in [0.1, 0.15) is 5.01 Å². The molecule has 1 aromatic heterocycles. The fourth-order valence-electron chi connectivity index (χ4n) is 3.89. The minimum absolute atomic E-state index is 0.419. The summed E-state index contributed by atoms with van der Waals surface area (Å²) >= 11 is 5.26. The Kier molecular flexibility index (Phi) is 4.07. The van der Waals surface area contributed by atoms with E-state index < -0.39 is 0 Å². The largest absolute Gasteiger partial charge is 0.327 e. The quantitative estimate of drug-likeness (QED) is 0.885. The summed E-state index contributed by atoms with van der Waals surface area (Å²) in [4.78, 5) is 7.36. The van der Waals surface area contributed by atoms with Crippen LogP contribution < -0.4 is 5.73 Å². The molecule has 1 saturated carbocycles. The maximum Gasteiger partial charge on any atom is 0.123 e. The minimum Gasteiger partial charge on any atom is -0.327 e. The number of fused-ring (bicyclic) bond motifs is 1. The number of aromatic nitrogens is 1. The summed E-state index contributed by atoms with van der Waals surface area (Å²) in [5.41, 5.74) is 8.60. The molecule has 2 fully saturated rings. The molecule has 1 saturated heterocycles. The molecule has 3 nitrogen and oxygen atoms in total. The van der Waals surface area contributed by atoms with Crippen molar-refractivity contribution in [1.29, 1.82) is 0 Å². The van der Waals surface area contributed by atoms with Gasteiger partial charge in [-0.05, 0) is 36.8 Å². The van der Waals surface area contributed by atoms with Crippen molar-refractivity contribution in [3.8, 4) is 10.6 Å². The maximum atomic E-state index is 6.23. The Labute approximate surface area is 143 Å². The molecule has 22 heavy (non-hydrogen) atoms. The second-order valence-corrected chi connectivity index (χ2v) is 8.29. The van der Waals surface area contributed by atoms with E-state index in [1.165, 1.54) is 30.6 Å². The Bertz CT molecular complexity index is 671. The lowest BCUT2D eigenvalue weighted by atomic mass is 9.98. The van der Waals surface area contributed by atoms with Gasteiger partial charge in [0, 0.05) is 41.1 Å². The Morgan fingerprint density at radius 2 is 2.23 bits per heavy atom. The van der Waals surface area contributed by atoms with Gasteiger partial charge >= 0.3 is 0 Å². The van der Waals surface area contributed by atoms with Gasteiger partial charge in [-0.25, -0.2) is 4.98 Å². The first kappa shape index (κ1) is 14.8. The van der Waals surface area contributed by atoms with Crippen molar-refractivity contribution in [3.63, 3.8) is 0 Å². The highest BCUT2D eigenvalue weighted by molar-refractivity contribution is 9.10. The number of likely N-dealkylation sites (tertiary alicyclic amines) is 1. The van der Waals surface area contributed by atoms with Crippen LogP contribution in [-0.2, 0) is 6.54 Å². The first-order valence-corrected chi connectivity index (χ1v) is 9.54. The van der Waals surface area contributed by atoms with E-state index in [0.29, 0.717) is 12.0 Å². The fourth-order valence-corrected chi connectivity index (χ4v) is 5.10. The molecule has 1 aromatic carbocycles. The third kappa shape index (κ3) is 2.87. The molecule has 0 spiro atoms. The molecule has 116 valence electrons. The van der Waals surface area contributed by atoms with E-state index in [-0.39, 0.29) is 0 Å². The number of rotatable bonds is 3. The molecule has 0 amide bonds. The number of halogens is 1. The number of benzene rings is 1. The molecular weight excluding hydrogens is 358 g/mol. The molecule has 0 unspecified atom stereocenters. The van der Waals surface area contributed by atoms with E-state index >= 15 is 0 Å². The van der Waals surface area contributed by atoms with E-state index in [4.69, 9.17) is 10.7 Å². The first-order chi connectivity index (χ1) is 10.7. The highest BCUT2D eigenvalue weighted by Gasteiger charge is 2.40. The normalized spacial score (nSPS) is 28.2. The van der Waals surface area contributed by atoms with Gasteiger partial charge in [-0.2, -0.15) is 0 Å². The van der Waals surface area contributed by atoms with Crippen LogP contribution in [-0.4, -0.2) is 29.0 Å². The molecule has 4 rings (SSSR count). The minimum atomic E-state index is 0.419. The molecule has 3 atom stereocenters. The van der Waals surface area contributed by atoms with Crippen molar-refractivity contribution < 1.29 is 0 Å². The van der Waals surface area contributed by atoms with Gasteiger partial charge in [0.15, 0.2) is 0 Å². The fraction of sp³-hybridized carbons (Fsp3) is 0.471. The number of nitrogens with zero attached hydrogens (tertiary/aromatic N) is 2. The van der Waals surface area contributed by atoms with Crippen LogP contribution in [0.25, 0.3) is 10.6 Å². The molecule has 2 aromatic rings. The average Bonchev–Trinajstić information content (AvgIpc) is 3.18. The number of nitrogens with two attached hydrogens (primary N) is 1. The van der Waals surface area contributed by atoms with Gasteiger partial charge in [-0.1, -0.05) is 28.1 Å². The number of hydrogen-bond donors (Lipinski definition) is 1. The second-order valence-electron chi connectivity index (χ2n) is 6.51. The Balaban J connectivity index is 1.45. The lowest BCUT2D eigenvalue weighted by molar-refractivity contribution is 0.295. The van der Waals surface area contributed by atoms with Gasteiger partial charge in [0.25, 0.3) is 0 Å². The van der Waals surface area contributed by atoms with E-state index in [9.17, 15) is 0 Å². The monoisotopic (exact) mass is 377 g/mol. The lowest BCUT2D eigenvalue weighted by Crippen LogP contribution is -2.30. The molecule has 0 bridgehead atoms. The van der Waals surface area contributed by atoms with Crippen LogP contribution in [0.1, 0.15) is 18.5 Å². The molecule has 2 heterocycles. The third-order valence-electron chi connectivity index (χ3n) is 5.00. The molecule has 2 N–H and O–H groups in total. The van der Waals surface area contributed by atoms with Gasteiger partial charge in [-0.3, -0.25) is 4.90 Å². The second kappa shape index (κ2) is 6.04. The van der Waals surface area contributed by atoms with E-state index in [0.717, 1.165) is 28.5 Å². The first-order valence-electron chi connectivity index (χ1n) is 7.87. The molecule has 0 radical (unpaired) electrons. The SMILES string of the molecule is N[C@@H]1CC[C@H]2CN(Cc3csc(-c4cccc(Br)c4)n3)C[C@@H]21. The Morgan fingerprint density at radius 1 is 1.32 bits per heavy atom. The van der Waals surface area contributed by atoms with Crippen LogP contribution in [0.5, 0.6) is 0 Å². The summed E-state index contributed by atoms with van der Waals surface area (Å²) in [6.07, 6.45) is 2.52. The predicted molar refractivity (Wildman–Crippen MR) is 94.7 cm³/mol. The van der Waals surface area contributed by atoms with Crippen LogP contribution in [0.4, 0.5) is 0 Å². The molecule has 1 aliphatic heterocycles. The summed E-state index contributed by atoms with van der Waals surface area (Å²) in [5.74, 6) is 1.53. The molecule has 2 aliphatic rings. The number of thiazole rings is 1. The molecular formula is C17H20BrN3S. The van der Waals surface area contributed by atoms with E-state index in [1.807, 2.05) is 6.07 Å². The highest BCUT2D eigenvalue weighted by Crippen LogP contribution is 2.37. The molecule has 5 heteroatoms. The summed E-state index contributed by atoms with van der Waals surface area (Å²) in [6.45, 7) is 3.31. The van der Waals surface area contributed by atoms with Crippen LogP contribution in [0, 0.1) is 11.8 Å². The summed E-state index contributed by atoms with van der Waals surface area (Å²) in [7, 11) is 0. The van der Waals surface area contributed by atoms with Crippen LogP contribution in [0.3, 0.4) is 0 Å². The summed E-state index contributed by atoms with van der Waals surface area (Å²) in [5, 5.41) is 3.30. The highest BCUT2D eigenvalue weighted by atomic mass is 79.9. The average molecular weight is 378 g/mol. The number of hydrogen-bond acceptors (Lipinski definition) is 4. The van der Waals surface area contributed by atoms with Crippen molar-refractivity contribution in [1.82, 2.24) is 9.88 Å². The summed E-state index contributed by atoms with van der Waals surface area (Å²) < 4.78 is 1.10. The standard InChI is InChI=1S/C17H20BrN3S/c18-13-3-1-2-11(6-13)17-20-14(10-22-17)8-21-7-12-4-5-16(19)15(12)9-21/h1-3,6,10,12,15-16H,4-5,7-9,19H2/t12-,15-,16+/m0/s1. The van der Waals surface area contributed by atoms with Crippen LogP contribution >= 0.6 is 27.3 Å². The zero-order chi connectivity index (χ0) is 15.1. The lowest BCUT2D eigenvalue weighted by Gasteiger charge is -2.17. The van der Waals surface area contributed by atoms with Crippen LogP contribution in [0.2, 0.25) is 0 Å². The zero-order valence-electron chi connectivity index (χ0n) is 12.4. The van der Waals surface area contributed by atoms with E-state index in [1.54, 1.807) is 11.3 Å². The van der Waals surface area contributed by atoms with Gasteiger partial charge in [-0.15, -0.1) is 11.3 Å². The molecule has 1 aliphatic carbocycles. The van der Waals surface area contributed by atoms with Crippen molar-refractivity contribution in [2.45, 2.75) is 25.4 Å². The van der Waals surface area contributed by atoms with Crippen molar-refractivity contribution in [2.24, 2.45) is 17.6 Å². The van der Waals surface area contributed by atoms with Crippen molar-refractivity contribution >= 4 is 27.3 Å². The van der Waals surface area contributed by atoms with Gasteiger partial charge in [0.2, 0.25) is 0 Å². The van der Waals surface area contributed by atoms with Gasteiger partial charge < -0.3 is 5.73 Å². The van der Waals surface area contributed by atoms with Crippen LogP contribution in [0.15, 0.2) is 34.1 Å². The Hall–Kier alpha value is -0.750. The van der Waals surface area contributed by atoms with E-state index in [2.05, 4.69) is 44.4 Å². The zero-order valence-corrected chi connectivity index (χ0v) is 14.8. The smallest absolute Gasteiger partial charge is 0.123 e. The van der Waals surface area contributed by atoms with Gasteiger partial charge in [0.05, 0.1) is 5.69 Å². The predicted octanol–water partition coefficient (Wildman–Crippen LogP) is 3.74. The Morgan fingerprint density at radius 3 is 3.05 bits per heavy atom. The van der Waals surface area contributed by atoms with Crippen molar-refractivity contribution in [2.75, 3.05) is 13.1 Å². The third-order valence-corrected chi connectivity index (χ3v) is 6.43. The maximum absolute atomic E-state index is 6.23. The topological polar surface area (TPSA) is 42.1 Å². The summed E-state index contributed by atoms with van der Waals surface area (Å²) in [6, 6.07) is 8.77. The van der Waals surface area contributed by atoms with Crippen molar-refractivity contribution in [3.05, 3.63) is 39.8 Å².